The molecule has 1 aliphatic rings. The normalized spacial score (nSPS) is 18.8. The van der Waals surface area contributed by atoms with Gasteiger partial charge >= 0.3 is 23.9 Å². The van der Waals surface area contributed by atoms with Crippen molar-refractivity contribution in [2.24, 2.45) is 0 Å². The Balaban J connectivity index is 2.68. The third-order valence-corrected chi connectivity index (χ3v) is 5.94. The van der Waals surface area contributed by atoms with E-state index >= 15 is 0 Å². The van der Waals surface area contributed by atoms with Crippen LogP contribution in [0.5, 0.6) is 0 Å². The van der Waals surface area contributed by atoms with Gasteiger partial charge in [-0.25, -0.2) is 4.79 Å². The number of carboxylic acids is 4. The zero-order valence-corrected chi connectivity index (χ0v) is 18.5. The number of nitro groups is 1. The Hall–Kier alpha value is -3.74. The predicted molar refractivity (Wildman–Crippen MR) is 117 cm³/mol. The van der Waals surface area contributed by atoms with Crippen LogP contribution in [-0.4, -0.2) is 85.8 Å². The van der Waals surface area contributed by atoms with Crippen molar-refractivity contribution in [2.75, 3.05) is 24.5 Å². The lowest BCUT2D eigenvalue weighted by molar-refractivity contribution is -0.384. The molecule has 0 radical (unpaired) electrons. The fourth-order valence-electron chi connectivity index (χ4n) is 4.47. The molecule has 0 spiro atoms. The van der Waals surface area contributed by atoms with Crippen molar-refractivity contribution in [1.29, 1.82) is 0 Å². The summed E-state index contributed by atoms with van der Waals surface area (Å²) in [6, 6.07) is 1.77. The van der Waals surface area contributed by atoms with E-state index in [4.69, 9.17) is 0 Å². The maximum atomic E-state index is 11.7. The third kappa shape index (κ3) is 6.63. The Morgan fingerprint density at radius 3 is 2.06 bits per heavy atom. The molecule has 13 nitrogen and oxygen atoms in total. The van der Waals surface area contributed by atoms with Crippen LogP contribution in [0.4, 0.5) is 11.4 Å². The first-order valence-electron chi connectivity index (χ1n) is 10.6. The van der Waals surface area contributed by atoms with Crippen molar-refractivity contribution >= 4 is 35.3 Å². The number of non-ortho nitro benzene ring substituents is 1. The molecule has 13 heteroatoms. The highest BCUT2D eigenvalue weighted by Crippen LogP contribution is 2.42. The number of carbonyl (C=O) groups is 4. The molecule has 0 amide bonds. The maximum Gasteiger partial charge on any atom is 0.326 e. The third-order valence-electron chi connectivity index (χ3n) is 5.94. The van der Waals surface area contributed by atoms with Gasteiger partial charge in [0.05, 0.1) is 18.0 Å². The molecule has 34 heavy (non-hydrogen) atoms. The number of hydrogen-bond acceptors (Lipinski definition) is 8. The number of aliphatic carboxylic acids is 4. The van der Waals surface area contributed by atoms with E-state index in [1.807, 2.05) is 0 Å². The van der Waals surface area contributed by atoms with Gasteiger partial charge < -0.3 is 25.3 Å². The summed E-state index contributed by atoms with van der Waals surface area (Å²) >= 11 is 0. The van der Waals surface area contributed by atoms with Crippen molar-refractivity contribution in [2.45, 2.75) is 50.6 Å². The summed E-state index contributed by atoms with van der Waals surface area (Å²) in [6.07, 6.45) is 2.19. The topological polar surface area (TPSA) is 199 Å². The van der Waals surface area contributed by atoms with Gasteiger partial charge in [-0.1, -0.05) is 12.8 Å². The highest BCUT2D eigenvalue weighted by molar-refractivity contribution is 5.83. The number of rotatable bonds is 12. The monoisotopic (exact) mass is 481 g/mol. The van der Waals surface area contributed by atoms with E-state index in [0.29, 0.717) is 25.7 Å². The molecule has 1 aromatic carbocycles. The summed E-state index contributed by atoms with van der Waals surface area (Å²) in [4.78, 5) is 59.3. The molecule has 186 valence electrons. The second-order valence-corrected chi connectivity index (χ2v) is 8.19. The van der Waals surface area contributed by atoms with Crippen molar-refractivity contribution in [3.05, 3.63) is 33.9 Å². The standard InChI is InChI=1S/C21H27N3O10/c1-12(21(31)32)23(11-20(29)30)17-7-6-13(24(33)34)8-15(17)14-4-2-3-5-16(14)22(9-18(25)26)10-19(27)28/h6-8,12,14,16H,2-5,9-11H2,1H3,(H,25,26)(H,27,28)(H,29,30)(H,31,32)/t12-,14-,16+/m0/s1. The zero-order valence-electron chi connectivity index (χ0n) is 18.5. The fraction of sp³-hybridized carbons (Fsp3) is 0.524. The van der Waals surface area contributed by atoms with Crippen molar-refractivity contribution in [3.63, 3.8) is 0 Å². The van der Waals surface area contributed by atoms with Gasteiger partial charge in [0.2, 0.25) is 0 Å². The average molecular weight is 481 g/mol. The number of anilines is 1. The van der Waals surface area contributed by atoms with E-state index in [1.165, 1.54) is 24.0 Å². The first kappa shape index (κ1) is 26.5. The van der Waals surface area contributed by atoms with Crippen LogP contribution in [0.25, 0.3) is 0 Å². The zero-order chi connectivity index (χ0) is 25.6. The van der Waals surface area contributed by atoms with Gasteiger partial charge in [0.1, 0.15) is 12.6 Å². The summed E-state index contributed by atoms with van der Waals surface area (Å²) in [5, 5.41) is 49.0. The first-order chi connectivity index (χ1) is 15.9. The molecule has 0 aliphatic heterocycles. The summed E-state index contributed by atoms with van der Waals surface area (Å²) in [7, 11) is 0. The molecule has 1 aliphatic carbocycles. The van der Waals surface area contributed by atoms with Gasteiger partial charge in [0, 0.05) is 29.8 Å². The molecule has 1 fully saturated rings. The van der Waals surface area contributed by atoms with E-state index < -0.39 is 66.4 Å². The smallest absolute Gasteiger partial charge is 0.326 e. The van der Waals surface area contributed by atoms with E-state index in [-0.39, 0.29) is 16.9 Å². The summed E-state index contributed by atoms with van der Waals surface area (Å²) in [6.45, 7) is -0.538. The number of hydrogen-bond donors (Lipinski definition) is 4. The van der Waals surface area contributed by atoms with Crippen LogP contribution in [0.15, 0.2) is 18.2 Å². The summed E-state index contributed by atoms with van der Waals surface area (Å²) in [5.41, 5.74) is 0.142. The lowest BCUT2D eigenvalue weighted by Crippen LogP contribution is -2.47. The lowest BCUT2D eigenvalue weighted by Gasteiger charge is -2.40. The number of nitro benzene ring substituents is 1. The van der Waals surface area contributed by atoms with Gasteiger partial charge in [-0.3, -0.25) is 29.4 Å². The molecule has 0 aromatic heterocycles. The Labute approximate surface area is 194 Å². The molecule has 0 heterocycles. The van der Waals surface area contributed by atoms with E-state index in [9.17, 15) is 49.7 Å². The largest absolute Gasteiger partial charge is 0.480 e. The van der Waals surface area contributed by atoms with Crippen LogP contribution in [-0.2, 0) is 19.2 Å². The van der Waals surface area contributed by atoms with Crippen molar-refractivity contribution in [1.82, 2.24) is 4.90 Å². The minimum absolute atomic E-state index is 0.158. The quantitative estimate of drug-likeness (QED) is 0.248. The minimum Gasteiger partial charge on any atom is -0.480 e. The van der Waals surface area contributed by atoms with E-state index in [0.717, 1.165) is 11.0 Å². The number of benzene rings is 1. The lowest BCUT2D eigenvalue weighted by atomic mass is 9.78. The second kappa shape index (κ2) is 11.4. The molecule has 4 N–H and O–H groups in total. The second-order valence-electron chi connectivity index (χ2n) is 8.19. The van der Waals surface area contributed by atoms with Crippen LogP contribution in [0, 0.1) is 10.1 Å². The first-order valence-corrected chi connectivity index (χ1v) is 10.6. The molecule has 0 unspecified atom stereocenters. The van der Waals surface area contributed by atoms with Crippen LogP contribution >= 0.6 is 0 Å². The molecule has 0 saturated heterocycles. The van der Waals surface area contributed by atoms with Crippen LogP contribution in [0.2, 0.25) is 0 Å². The van der Waals surface area contributed by atoms with Gasteiger partial charge in [0.25, 0.3) is 5.69 Å². The highest BCUT2D eigenvalue weighted by Gasteiger charge is 2.37. The SMILES string of the molecule is C[C@@H](C(=O)O)N(CC(=O)O)c1ccc([N+](=O)[O-])cc1[C@@H]1CCCC[C@H]1N(CC(=O)O)CC(=O)O. The number of carboxylic acid groups (broad SMARTS) is 4. The van der Waals surface area contributed by atoms with Crippen LogP contribution in [0.3, 0.4) is 0 Å². The van der Waals surface area contributed by atoms with Gasteiger partial charge in [-0.2, -0.15) is 0 Å². The van der Waals surface area contributed by atoms with Gasteiger partial charge in [-0.15, -0.1) is 0 Å². The Kier molecular flexibility index (Phi) is 8.90. The minimum atomic E-state index is -1.31. The van der Waals surface area contributed by atoms with E-state index in [1.54, 1.807) is 0 Å². The van der Waals surface area contributed by atoms with Crippen molar-refractivity contribution < 1.29 is 44.5 Å². The average Bonchev–Trinajstić information content (AvgIpc) is 2.75. The van der Waals surface area contributed by atoms with Crippen LogP contribution in [0.1, 0.15) is 44.1 Å². The molecule has 1 saturated carbocycles. The van der Waals surface area contributed by atoms with Crippen molar-refractivity contribution in [3.8, 4) is 0 Å². The molecular weight excluding hydrogens is 454 g/mol. The highest BCUT2D eigenvalue weighted by atomic mass is 16.6. The molecule has 0 bridgehead atoms. The molecule has 2 rings (SSSR count). The Morgan fingerprint density at radius 2 is 1.56 bits per heavy atom. The summed E-state index contributed by atoms with van der Waals surface area (Å²) < 4.78 is 0. The molecule has 3 atom stereocenters. The molecule has 1 aromatic rings. The molecular formula is C21H27N3O10. The van der Waals surface area contributed by atoms with E-state index in [2.05, 4.69) is 0 Å². The Bertz CT molecular complexity index is 950. The van der Waals surface area contributed by atoms with Gasteiger partial charge in [0.15, 0.2) is 0 Å². The number of nitrogens with zero attached hydrogens (tertiary/aromatic N) is 3. The van der Waals surface area contributed by atoms with Gasteiger partial charge in [-0.05, 0) is 31.4 Å². The Morgan fingerprint density at radius 1 is 1.00 bits per heavy atom. The summed E-state index contributed by atoms with van der Waals surface area (Å²) in [5.74, 6) is -5.67. The maximum absolute atomic E-state index is 11.7. The predicted octanol–water partition coefficient (Wildman–Crippen LogP) is 1.46. The van der Waals surface area contributed by atoms with Crippen LogP contribution < -0.4 is 4.90 Å². The fourth-order valence-corrected chi connectivity index (χ4v) is 4.47.